The molecular formula is C41H26F10O. The van der Waals surface area contributed by atoms with Gasteiger partial charge < -0.3 is 4.74 Å². The van der Waals surface area contributed by atoms with E-state index < -0.39 is 69.0 Å². The van der Waals surface area contributed by atoms with Crippen LogP contribution in [0.4, 0.5) is 43.9 Å². The highest BCUT2D eigenvalue weighted by Gasteiger charge is 2.41. The molecule has 0 N–H and O–H groups in total. The van der Waals surface area contributed by atoms with Crippen molar-refractivity contribution in [3.8, 4) is 39.8 Å². The number of aryl methyl sites for hydroxylation is 1. The SMILES string of the molecule is CCCCCc1ccc2cc(-c3ccc(-c4cc(F)c(C(F)(F)Oc5ccc6c(F)c(C#CC(F)(F)F)c(F)cc6c5)c(F)c4)c(F)c3)ccc2c1. The molecule has 0 aromatic heterocycles. The Morgan fingerprint density at radius 2 is 1.25 bits per heavy atom. The van der Waals surface area contributed by atoms with Gasteiger partial charge in [-0.1, -0.05) is 68.2 Å². The van der Waals surface area contributed by atoms with Crippen molar-refractivity contribution in [1.82, 2.24) is 0 Å². The van der Waals surface area contributed by atoms with Gasteiger partial charge in [-0.25, -0.2) is 22.0 Å². The number of benzene rings is 6. The van der Waals surface area contributed by atoms with E-state index in [2.05, 4.69) is 23.8 Å². The van der Waals surface area contributed by atoms with Crippen molar-refractivity contribution >= 4 is 21.5 Å². The van der Waals surface area contributed by atoms with Crippen LogP contribution in [0, 0.1) is 40.9 Å². The summed E-state index contributed by atoms with van der Waals surface area (Å²) in [5.41, 5.74) is -1.24. The van der Waals surface area contributed by atoms with Gasteiger partial charge >= 0.3 is 12.3 Å². The first-order valence-corrected chi connectivity index (χ1v) is 16.0. The van der Waals surface area contributed by atoms with Crippen molar-refractivity contribution < 1.29 is 48.6 Å². The topological polar surface area (TPSA) is 9.23 Å². The van der Waals surface area contributed by atoms with E-state index in [4.69, 9.17) is 0 Å². The fourth-order valence-electron chi connectivity index (χ4n) is 5.96. The average Bonchev–Trinajstić information content (AvgIpc) is 3.06. The molecular weight excluding hydrogens is 698 g/mol. The quantitative estimate of drug-likeness (QED) is 0.0820. The van der Waals surface area contributed by atoms with E-state index in [9.17, 15) is 22.0 Å². The molecule has 0 unspecified atom stereocenters. The fourth-order valence-corrected chi connectivity index (χ4v) is 5.96. The second-order valence-corrected chi connectivity index (χ2v) is 12.2. The van der Waals surface area contributed by atoms with E-state index in [0.29, 0.717) is 35.4 Å². The zero-order valence-corrected chi connectivity index (χ0v) is 27.2. The molecule has 52 heavy (non-hydrogen) atoms. The molecule has 0 aliphatic carbocycles. The Balaban J connectivity index is 1.24. The first kappa shape index (κ1) is 36.3. The molecule has 0 aliphatic heterocycles. The summed E-state index contributed by atoms with van der Waals surface area (Å²) in [6.07, 6.45) is -5.37. The van der Waals surface area contributed by atoms with Gasteiger partial charge in [0.15, 0.2) is 0 Å². The Hall–Kier alpha value is -5.50. The smallest absolute Gasteiger partial charge is 0.429 e. The van der Waals surface area contributed by atoms with E-state index in [1.165, 1.54) is 29.7 Å². The van der Waals surface area contributed by atoms with Crippen molar-refractivity contribution in [2.45, 2.75) is 44.9 Å². The summed E-state index contributed by atoms with van der Waals surface area (Å²) in [6.45, 7) is 2.14. The lowest BCUT2D eigenvalue weighted by Crippen LogP contribution is -2.25. The van der Waals surface area contributed by atoms with Gasteiger partial charge in [-0.15, -0.1) is 0 Å². The van der Waals surface area contributed by atoms with Gasteiger partial charge in [-0.2, -0.15) is 22.0 Å². The van der Waals surface area contributed by atoms with Crippen molar-refractivity contribution in [3.63, 3.8) is 0 Å². The second kappa shape index (κ2) is 14.3. The highest BCUT2D eigenvalue weighted by Crippen LogP contribution is 2.39. The summed E-state index contributed by atoms with van der Waals surface area (Å²) < 4.78 is 147. The number of halogens is 10. The average molecular weight is 725 g/mol. The first-order valence-electron chi connectivity index (χ1n) is 16.0. The second-order valence-electron chi connectivity index (χ2n) is 12.2. The minimum Gasteiger partial charge on any atom is -0.429 e. The van der Waals surface area contributed by atoms with Crippen LogP contribution in [-0.4, -0.2) is 6.18 Å². The van der Waals surface area contributed by atoms with Crippen LogP contribution in [0.1, 0.15) is 42.9 Å². The molecule has 0 saturated carbocycles. The molecule has 0 amide bonds. The minimum absolute atomic E-state index is 0.257. The van der Waals surface area contributed by atoms with Gasteiger partial charge in [0, 0.05) is 16.9 Å². The molecule has 11 heteroatoms. The molecule has 266 valence electrons. The van der Waals surface area contributed by atoms with Crippen molar-refractivity contribution in [2.24, 2.45) is 0 Å². The van der Waals surface area contributed by atoms with E-state index in [1.807, 2.05) is 24.3 Å². The summed E-state index contributed by atoms with van der Waals surface area (Å²) in [4.78, 5) is 0. The summed E-state index contributed by atoms with van der Waals surface area (Å²) in [5, 5.41) is 1.07. The number of fused-ring (bicyclic) bond motifs is 2. The number of rotatable bonds is 9. The standard InChI is InChI=1S/C41H26F10O/c1-2-3-4-5-23-6-7-25-17-26(9-8-24(25)16-23)27-10-12-31(34(42)19-27)29-21-36(44)38(37(45)22-29)41(50,51)52-30-11-13-32-28(18-30)20-35(43)33(39(32)46)14-15-40(47,48)49/h6-13,16-22H,2-5H2,1H3. The Bertz CT molecular complexity index is 2360. The third kappa shape index (κ3) is 7.71. The summed E-state index contributed by atoms with van der Waals surface area (Å²) in [5.74, 6) is -6.06. The maximum atomic E-state index is 15.4. The number of alkyl halides is 5. The predicted octanol–water partition coefficient (Wildman–Crippen LogP) is 12.8. The van der Waals surface area contributed by atoms with E-state index in [0.717, 1.165) is 54.5 Å². The predicted molar refractivity (Wildman–Crippen MR) is 179 cm³/mol. The van der Waals surface area contributed by atoms with Crippen LogP contribution >= 0.6 is 0 Å². The molecule has 0 heterocycles. The van der Waals surface area contributed by atoms with E-state index >= 15 is 22.0 Å². The summed E-state index contributed by atoms with van der Waals surface area (Å²) >= 11 is 0. The minimum atomic E-state index is -5.03. The lowest BCUT2D eigenvalue weighted by Gasteiger charge is -2.20. The van der Waals surface area contributed by atoms with Crippen LogP contribution in [0.15, 0.2) is 91.0 Å². The molecule has 0 bridgehead atoms. The Morgan fingerprint density at radius 1 is 0.596 bits per heavy atom. The third-order valence-electron chi connectivity index (χ3n) is 8.50. The molecule has 0 aliphatic rings. The molecule has 0 atom stereocenters. The molecule has 0 spiro atoms. The molecule has 0 radical (unpaired) electrons. The van der Waals surface area contributed by atoms with Crippen LogP contribution in [0.2, 0.25) is 0 Å². The zero-order valence-electron chi connectivity index (χ0n) is 27.2. The largest absolute Gasteiger partial charge is 0.458 e. The van der Waals surface area contributed by atoms with Crippen molar-refractivity contribution in [2.75, 3.05) is 0 Å². The first-order chi connectivity index (χ1) is 24.6. The van der Waals surface area contributed by atoms with Gasteiger partial charge in [0.2, 0.25) is 0 Å². The fraction of sp³-hybridized carbons (Fsp3) is 0.171. The normalized spacial score (nSPS) is 11.9. The van der Waals surface area contributed by atoms with Gasteiger partial charge in [-0.3, -0.25) is 0 Å². The molecule has 0 fully saturated rings. The Morgan fingerprint density at radius 3 is 1.94 bits per heavy atom. The highest BCUT2D eigenvalue weighted by atomic mass is 19.4. The van der Waals surface area contributed by atoms with E-state index in [-0.39, 0.29) is 11.1 Å². The summed E-state index contributed by atoms with van der Waals surface area (Å²) in [7, 11) is 0. The number of unbranched alkanes of at least 4 members (excludes halogenated alkanes) is 2. The lowest BCUT2D eigenvalue weighted by atomic mass is 9.96. The number of hydrogen-bond acceptors (Lipinski definition) is 1. The molecule has 6 aromatic carbocycles. The Kier molecular flexibility index (Phi) is 9.95. The van der Waals surface area contributed by atoms with Crippen LogP contribution < -0.4 is 4.74 Å². The van der Waals surface area contributed by atoms with Crippen LogP contribution in [0.5, 0.6) is 5.75 Å². The van der Waals surface area contributed by atoms with Gasteiger partial charge in [-0.05, 0) is 99.8 Å². The lowest BCUT2D eigenvalue weighted by molar-refractivity contribution is -0.189. The highest BCUT2D eigenvalue weighted by molar-refractivity contribution is 5.88. The maximum Gasteiger partial charge on any atom is 0.458 e. The molecule has 6 aromatic rings. The Labute approximate surface area is 291 Å². The monoisotopic (exact) mass is 724 g/mol. The maximum absolute atomic E-state index is 15.4. The van der Waals surface area contributed by atoms with Gasteiger partial charge in [0.1, 0.15) is 40.4 Å². The third-order valence-corrected chi connectivity index (χ3v) is 8.50. The van der Waals surface area contributed by atoms with Gasteiger partial charge in [0.05, 0.1) is 5.56 Å². The molecule has 6 rings (SSSR count). The molecule has 1 nitrogen and oxygen atoms in total. The van der Waals surface area contributed by atoms with Crippen molar-refractivity contribution in [1.29, 1.82) is 0 Å². The number of hydrogen-bond donors (Lipinski definition) is 0. The van der Waals surface area contributed by atoms with Crippen LogP contribution in [0.25, 0.3) is 43.8 Å². The van der Waals surface area contributed by atoms with Gasteiger partial charge in [0.25, 0.3) is 0 Å². The zero-order chi connectivity index (χ0) is 37.4. The molecule has 0 saturated heterocycles. The van der Waals surface area contributed by atoms with Crippen LogP contribution in [-0.2, 0) is 12.5 Å². The number of ether oxygens (including phenoxy) is 1. The van der Waals surface area contributed by atoms with Crippen LogP contribution in [0.3, 0.4) is 0 Å². The van der Waals surface area contributed by atoms with Crippen molar-refractivity contribution in [3.05, 3.63) is 137 Å². The summed E-state index contributed by atoms with van der Waals surface area (Å²) in [6, 6.07) is 19.7. The van der Waals surface area contributed by atoms with E-state index in [1.54, 1.807) is 0 Å².